The fourth-order valence-electron chi connectivity index (χ4n) is 2.94. The number of halogens is 3. The lowest BCUT2D eigenvalue weighted by molar-refractivity contribution is -0.192. The minimum absolute atomic E-state index is 0.00583. The Labute approximate surface area is 140 Å². The second kappa shape index (κ2) is 7.06. The topological polar surface area (TPSA) is 73.7 Å². The molecule has 134 valence electrons. The van der Waals surface area contributed by atoms with E-state index in [0.717, 1.165) is 39.0 Å². The van der Waals surface area contributed by atoms with Crippen LogP contribution >= 0.6 is 11.3 Å². The first-order valence-corrected chi connectivity index (χ1v) is 8.18. The zero-order valence-electron chi connectivity index (χ0n) is 13.0. The Bertz CT molecular complexity index is 584. The van der Waals surface area contributed by atoms with Gasteiger partial charge in [-0.15, -0.1) is 11.3 Å². The molecular formula is C14H18F3N3O3S. The summed E-state index contributed by atoms with van der Waals surface area (Å²) in [6.07, 6.45) is -1.20. The molecule has 0 atom stereocenters. The minimum Gasteiger partial charge on any atom is -0.475 e. The third kappa shape index (κ3) is 4.23. The molecule has 6 nitrogen and oxygen atoms in total. The van der Waals surface area contributed by atoms with Crippen molar-refractivity contribution in [3.8, 4) is 0 Å². The maximum Gasteiger partial charge on any atom is 0.490 e. The molecule has 0 aliphatic carbocycles. The zero-order valence-corrected chi connectivity index (χ0v) is 13.9. The van der Waals surface area contributed by atoms with Crippen molar-refractivity contribution in [2.45, 2.75) is 25.6 Å². The molecule has 1 aromatic heterocycles. The van der Waals surface area contributed by atoms with Crippen molar-refractivity contribution in [3.63, 3.8) is 0 Å². The highest BCUT2D eigenvalue weighted by atomic mass is 32.1. The van der Waals surface area contributed by atoms with Gasteiger partial charge in [-0.25, -0.2) is 9.78 Å². The Morgan fingerprint density at radius 2 is 2.00 bits per heavy atom. The van der Waals surface area contributed by atoms with E-state index in [0.29, 0.717) is 5.91 Å². The molecule has 1 aromatic rings. The van der Waals surface area contributed by atoms with Crippen LogP contribution in [-0.2, 0) is 16.1 Å². The quantitative estimate of drug-likeness (QED) is 0.810. The van der Waals surface area contributed by atoms with Gasteiger partial charge < -0.3 is 10.0 Å². The van der Waals surface area contributed by atoms with Crippen LogP contribution in [0.4, 0.5) is 13.2 Å². The van der Waals surface area contributed by atoms with Gasteiger partial charge in [0.2, 0.25) is 5.91 Å². The molecule has 0 radical (unpaired) electrons. The number of likely N-dealkylation sites (tertiary alicyclic amines) is 2. The van der Waals surface area contributed by atoms with Crippen molar-refractivity contribution in [1.82, 2.24) is 14.8 Å². The smallest absolute Gasteiger partial charge is 0.475 e. The second-order valence-corrected chi connectivity index (χ2v) is 6.93. The number of carboxylic acids is 1. The van der Waals surface area contributed by atoms with E-state index in [9.17, 15) is 18.0 Å². The fourth-order valence-corrected chi connectivity index (χ4v) is 3.60. The molecule has 1 spiro atoms. The number of hydrogen-bond donors (Lipinski definition) is 1. The van der Waals surface area contributed by atoms with Crippen LogP contribution in [-0.4, -0.2) is 64.6 Å². The van der Waals surface area contributed by atoms with Gasteiger partial charge >= 0.3 is 12.1 Å². The second-order valence-electron chi connectivity index (χ2n) is 5.95. The number of aromatic nitrogens is 1. The Morgan fingerprint density at radius 1 is 1.42 bits per heavy atom. The number of alkyl halides is 3. The number of aliphatic carboxylic acids is 1. The van der Waals surface area contributed by atoms with Crippen LogP contribution in [0.5, 0.6) is 0 Å². The number of hydrogen-bond acceptors (Lipinski definition) is 5. The third-order valence-corrected chi connectivity index (χ3v) is 5.00. The van der Waals surface area contributed by atoms with Gasteiger partial charge in [0, 0.05) is 25.2 Å². The summed E-state index contributed by atoms with van der Waals surface area (Å²) in [7, 11) is 1.90. The van der Waals surface area contributed by atoms with E-state index in [1.54, 1.807) is 11.3 Å². The molecule has 1 amide bonds. The lowest BCUT2D eigenvalue weighted by Crippen LogP contribution is -2.63. The Morgan fingerprint density at radius 3 is 2.38 bits per heavy atom. The summed E-state index contributed by atoms with van der Waals surface area (Å²) in [6, 6.07) is 0. The summed E-state index contributed by atoms with van der Waals surface area (Å²) < 4.78 is 31.7. The van der Waals surface area contributed by atoms with Gasteiger partial charge in [0.1, 0.15) is 5.01 Å². The normalized spacial score (nSPS) is 20.3. The monoisotopic (exact) mass is 365 g/mol. The number of nitrogens with zero attached hydrogens (tertiary/aromatic N) is 3. The maximum absolute atomic E-state index is 11.9. The predicted octanol–water partition coefficient (Wildman–Crippen LogP) is 1.83. The summed E-state index contributed by atoms with van der Waals surface area (Å²) in [5.74, 6) is -2.40. The average molecular weight is 365 g/mol. The number of piperidine rings is 1. The van der Waals surface area contributed by atoms with E-state index in [1.165, 1.54) is 5.01 Å². The largest absolute Gasteiger partial charge is 0.490 e. The summed E-state index contributed by atoms with van der Waals surface area (Å²) in [6.45, 7) is 3.95. The van der Waals surface area contributed by atoms with Gasteiger partial charge in [0.25, 0.3) is 0 Å². The van der Waals surface area contributed by atoms with Crippen LogP contribution in [0.15, 0.2) is 11.6 Å². The number of carboxylic acid groups (broad SMARTS) is 1. The molecular weight excluding hydrogens is 347 g/mol. The fraction of sp³-hybridized carbons (Fsp3) is 0.643. The SMILES string of the molecule is CN1CC2(CCN(Cc3nccs3)CC2)C1=O.O=C(O)C(F)(F)F. The van der Waals surface area contributed by atoms with Crippen LogP contribution in [0, 0.1) is 5.41 Å². The van der Waals surface area contributed by atoms with Crippen LogP contribution in [0.1, 0.15) is 17.8 Å². The number of rotatable bonds is 2. The summed E-state index contributed by atoms with van der Waals surface area (Å²) >= 11 is 1.71. The zero-order chi connectivity index (χ0) is 18.0. The molecule has 0 saturated carbocycles. The number of thiazole rings is 1. The number of carbonyl (C=O) groups is 2. The Hall–Kier alpha value is -1.68. The molecule has 2 aliphatic rings. The van der Waals surface area contributed by atoms with E-state index in [-0.39, 0.29) is 5.41 Å². The predicted molar refractivity (Wildman–Crippen MR) is 80.4 cm³/mol. The number of β-lactam (4-membered cyclic amide) rings is 1. The molecule has 2 saturated heterocycles. The van der Waals surface area contributed by atoms with Gasteiger partial charge in [-0.1, -0.05) is 0 Å². The van der Waals surface area contributed by atoms with Crippen LogP contribution < -0.4 is 0 Å². The summed E-state index contributed by atoms with van der Waals surface area (Å²) in [5, 5.41) is 10.3. The van der Waals surface area contributed by atoms with Gasteiger partial charge in [0.05, 0.1) is 12.0 Å². The standard InChI is InChI=1S/C12H17N3OS.C2HF3O2/c1-14-9-12(11(14)16)2-5-15(6-3-12)8-10-13-4-7-17-10;3-2(4,5)1(6)7/h4,7H,2-3,5-6,8-9H2,1H3;(H,6,7). The van der Waals surface area contributed by atoms with Crippen molar-refractivity contribution in [2.24, 2.45) is 5.41 Å². The summed E-state index contributed by atoms with van der Waals surface area (Å²) in [4.78, 5) is 29.3. The van der Waals surface area contributed by atoms with Gasteiger partial charge in [-0.2, -0.15) is 13.2 Å². The van der Waals surface area contributed by atoms with E-state index in [1.807, 2.05) is 23.5 Å². The van der Waals surface area contributed by atoms with E-state index < -0.39 is 12.1 Å². The molecule has 0 unspecified atom stereocenters. The van der Waals surface area contributed by atoms with Crippen molar-refractivity contribution in [2.75, 3.05) is 26.7 Å². The third-order valence-electron chi connectivity index (χ3n) is 4.24. The highest BCUT2D eigenvalue weighted by Crippen LogP contribution is 2.41. The van der Waals surface area contributed by atoms with Crippen LogP contribution in [0.25, 0.3) is 0 Å². The molecule has 3 heterocycles. The molecule has 24 heavy (non-hydrogen) atoms. The maximum atomic E-state index is 11.9. The molecule has 2 aliphatic heterocycles. The molecule has 1 N–H and O–H groups in total. The van der Waals surface area contributed by atoms with Gasteiger partial charge in [-0.05, 0) is 25.9 Å². The van der Waals surface area contributed by atoms with E-state index in [2.05, 4.69) is 9.88 Å². The van der Waals surface area contributed by atoms with Crippen molar-refractivity contribution >= 4 is 23.2 Å². The Balaban J connectivity index is 0.000000256. The van der Waals surface area contributed by atoms with E-state index in [4.69, 9.17) is 9.90 Å². The molecule has 3 rings (SSSR count). The highest BCUT2D eigenvalue weighted by molar-refractivity contribution is 7.09. The number of carbonyl (C=O) groups excluding carboxylic acids is 1. The van der Waals surface area contributed by atoms with Crippen LogP contribution in [0.2, 0.25) is 0 Å². The van der Waals surface area contributed by atoms with Crippen molar-refractivity contribution < 1.29 is 27.9 Å². The minimum atomic E-state index is -5.08. The first kappa shape index (κ1) is 18.7. The lowest BCUT2D eigenvalue weighted by Gasteiger charge is -2.51. The van der Waals surface area contributed by atoms with Crippen molar-refractivity contribution in [1.29, 1.82) is 0 Å². The Kier molecular flexibility index (Phi) is 5.49. The average Bonchev–Trinajstić information content (AvgIpc) is 3.01. The van der Waals surface area contributed by atoms with Crippen molar-refractivity contribution in [3.05, 3.63) is 16.6 Å². The van der Waals surface area contributed by atoms with Crippen LogP contribution in [0.3, 0.4) is 0 Å². The van der Waals surface area contributed by atoms with Gasteiger partial charge in [-0.3, -0.25) is 9.69 Å². The first-order valence-electron chi connectivity index (χ1n) is 7.30. The highest BCUT2D eigenvalue weighted by Gasteiger charge is 2.51. The molecule has 2 fully saturated rings. The molecule has 10 heteroatoms. The molecule has 0 aromatic carbocycles. The van der Waals surface area contributed by atoms with Gasteiger partial charge in [0.15, 0.2) is 0 Å². The summed E-state index contributed by atoms with van der Waals surface area (Å²) in [5.41, 5.74) is -0.00583. The first-order chi connectivity index (χ1) is 11.1. The molecule has 0 bridgehead atoms. The lowest BCUT2D eigenvalue weighted by atomic mass is 9.71. The number of amides is 1. The van der Waals surface area contributed by atoms with E-state index >= 15 is 0 Å².